The summed E-state index contributed by atoms with van der Waals surface area (Å²) in [6.45, 7) is 0.191. The first kappa shape index (κ1) is 20.5. The molecule has 156 valence electrons. The van der Waals surface area contributed by atoms with Crippen LogP contribution in [0.2, 0.25) is 10.0 Å². The van der Waals surface area contributed by atoms with E-state index in [4.69, 9.17) is 32.7 Å². The number of rotatable bonds is 4. The molecule has 1 saturated heterocycles. The zero-order valence-corrected chi connectivity index (χ0v) is 18.9. The lowest BCUT2D eigenvalue weighted by atomic mass is 10.1. The summed E-state index contributed by atoms with van der Waals surface area (Å²) in [5.41, 5.74) is 2.68. The molecule has 0 unspecified atom stereocenters. The maximum atomic E-state index is 12.9. The maximum absolute atomic E-state index is 12.9. The maximum Gasteiger partial charge on any atom is 0.293 e. The second-order valence-corrected chi connectivity index (χ2v) is 9.59. The van der Waals surface area contributed by atoms with Crippen LogP contribution in [0.1, 0.15) is 10.4 Å². The first-order valence-corrected chi connectivity index (χ1v) is 11.6. The van der Waals surface area contributed by atoms with Crippen molar-refractivity contribution in [2.24, 2.45) is 0 Å². The van der Waals surface area contributed by atoms with Gasteiger partial charge in [0.1, 0.15) is 0 Å². The van der Waals surface area contributed by atoms with E-state index in [0.29, 0.717) is 32.0 Å². The number of ether oxygens (including phenoxy) is 2. The third-order valence-electron chi connectivity index (χ3n) is 4.81. The highest BCUT2D eigenvalue weighted by atomic mass is 35.5. The molecule has 2 aliphatic heterocycles. The van der Waals surface area contributed by atoms with E-state index in [-0.39, 0.29) is 24.5 Å². The Bertz CT molecular complexity index is 1240. The average molecular weight is 490 g/mol. The van der Waals surface area contributed by atoms with E-state index < -0.39 is 0 Å². The largest absolute Gasteiger partial charge is 0.454 e. The third-order valence-corrected chi connectivity index (χ3v) is 7.21. The van der Waals surface area contributed by atoms with Crippen molar-refractivity contribution in [2.75, 3.05) is 6.79 Å². The topological polar surface area (TPSA) is 55.8 Å². The van der Waals surface area contributed by atoms with Gasteiger partial charge in [-0.05, 0) is 64.2 Å². The fourth-order valence-corrected chi connectivity index (χ4v) is 5.33. The summed E-state index contributed by atoms with van der Waals surface area (Å²) in [4.78, 5) is 27.9. The minimum Gasteiger partial charge on any atom is -0.454 e. The molecule has 5 nitrogen and oxygen atoms in total. The number of hydrogen-bond acceptors (Lipinski definition) is 6. The van der Waals surface area contributed by atoms with Crippen LogP contribution in [0.25, 0.3) is 17.2 Å². The number of imide groups is 1. The summed E-state index contributed by atoms with van der Waals surface area (Å²) in [6, 6.07) is 12.9. The van der Waals surface area contributed by atoms with Gasteiger partial charge >= 0.3 is 0 Å². The normalized spacial score (nSPS) is 16.6. The molecule has 0 radical (unpaired) electrons. The second kappa shape index (κ2) is 8.24. The van der Waals surface area contributed by atoms with Gasteiger partial charge in [-0.15, -0.1) is 11.3 Å². The number of hydrogen-bond donors (Lipinski definition) is 0. The van der Waals surface area contributed by atoms with Crippen molar-refractivity contribution >= 4 is 63.5 Å². The van der Waals surface area contributed by atoms with E-state index in [1.807, 2.05) is 35.7 Å². The van der Waals surface area contributed by atoms with Crippen molar-refractivity contribution in [1.82, 2.24) is 4.90 Å². The van der Waals surface area contributed by atoms with E-state index in [2.05, 4.69) is 0 Å². The number of fused-ring (bicyclic) bond motifs is 1. The predicted octanol–water partition coefficient (Wildman–Crippen LogP) is 6.69. The molecule has 2 aromatic carbocycles. The van der Waals surface area contributed by atoms with Crippen molar-refractivity contribution in [3.63, 3.8) is 0 Å². The smallest absolute Gasteiger partial charge is 0.293 e. The number of thioether (sulfide) groups is 1. The van der Waals surface area contributed by atoms with Crippen molar-refractivity contribution in [2.45, 2.75) is 6.54 Å². The first-order valence-electron chi connectivity index (χ1n) is 9.16. The van der Waals surface area contributed by atoms with Crippen LogP contribution in [0.3, 0.4) is 0 Å². The van der Waals surface area contributed by atoms with Gasteiger partial charge in [-0.1, -0.05) is 35.3 Å². The standard InChI is InChI=1S/C22H13Cl2NO4S2/c23-15-3-1-12(2-4-15)14-5-16(30-10-14)7-20-21(26)25(22(27)31-20)9-13-6-18-19(8-17(13)24)29-11-28-18/h1-8,10H,9,11H2. The van der Waals surface area contributed by atoms with Crippen molar-refractivity contribution in [3.8, 4) is 22.6 Å². The first-order chi connectivity index (χ1) is 15.0. The molecule has 5 rings (SSSR count). The molecular formula is C22H13Cl2NO4S2. The zero-order valence-electron chi connectivity index (χ0n) is 15.8. The van der Waals surface area contributed by atoms with Crippen LogP contribution in [0.5, 0.6) is 11.5 Å². The number of nitrogens with zero attached hydrogens (tertiary/aromatic N) is 1. The van der Waals surface area contributed by atoms with Crippen LogP contribution in [-0.4, -0.2) is 22.8 Å². The van der Waals surface area contributed by atoms with Crippen LogP contribution < -0.4 is 9.47 Å². The van der Waals surface area contributed by atoms with Gasteiger partial charge in [0.15, 0.2) is 11.5 Å². The number of benzene rings is 2. The Morgan fingerprint density at radius 3 is 2.52 bits per heavy atom. The molecule has 2 amide bonds. The molecule has 3 aromatic rings. The summed E-state index contributed by atoms with van der Waals surface area (Å²) < 4.78 is 10.7. The molecule has 2 aliphatic rings. The van der Waals surface area contributed by atoms with E-state index in [1.165, 1.54) is 16.2 Å². The molecular weight excluding hydrogens is 477 g/mol. The van der Waals surface area contributed by atoms with Crippen LogP contribution in [0.4, 0.5) is 4.79 Å². The van der Waals surface area contributed by atoms with Gasteiger partial charge in [-0.25, -0.2) is 0 Å². The highest BCUT2D eigenvalue weighted by Gasteiger charge is 2.35. The van der Waals surface area contributed by atoms with Gasteiger partial charge in [0.25, 0.3) is 11.1 Å². The molecule has 0 N–H and O–H groups in total. The molecule has 0 spiro atoms. The van der Waals surface area contributed by atoms with Gasteiger partial charge in [0, 0.05) is 21.0 Å². The van der Waals surface area contributed by atoms with E-state index in [9.17, 15) is 9.59 Å². The summed E-state index contributed by atoms with van der Waals surface area (Å²) in [7, 11) is 0. The molecule has 9 heteroatoms. The van der Waals surface area contributed by atoms with Crippen molar-refractivity contribution in [1.29, 1.82) is 0 Å². The Labute approximate surface area is 196 Å². The molecule has 31 heavy (non-hydrogen) atoms. The van der Waals surface area contributed by atoms with Gasteiger partial charge < -0.3 is 9.47 Å². The van der Waals surface area contributed by atoms with Crippen LogP contribution >= 0.6 is 46.3 Å². The van der Waals surface area contributed by atoms with Crippen LogP contribution in [0, 0.1) is 0 Å². The molecule has 1 aromatic heterocycles. The molecule has 0 saturated carbocycles. The Morgan fingerprint density at radius 1 is 1.00 bits per heavy atom. The number of amides is 2. The van der Waals surface area contributed by atoms with E-state index in [0.717, 1.165) is 27.8 Å². The Kier molecular flexibility index (Phi) is 5.44. The van der Waals surface area contributed by atoms with Crippen molar-refractivity contribution in [3.05, 3.63) is 73.2 Å². The predicted molar refractivity (Wildman–Crippen MR) is 124 cm³/mol. The summed E-state index contributed by atoms with van der Waals surface area (Å²) >= 11 is 14.7. The monoisotopic (exact) mass is 489 g/mol. The Morgan fingerprint density at radius 2 is 1.74 bits per heavy atom. The lowest BCUT2D eigenvalue weighted by molar-refractivity contribution is -0.123. The molecule has 0 atom stereocenters. The van der Waals surface area contributed by atoms with E-state index >= 15 is 0 Å². The molecule has 0 bridgehead atoms. The van der Waals surface area contributed by atoms with Crippen LogP contribution in [-0.2, 0) is 11.3 Å². The highest BCUT2D eigenvalue weighted by molar-refractivity contribution is 8.18. The third kappa shape index (κ3) is 4.06. The lowest BCUT2D eigenvalue weighted by Crippen LogP contribution is -2.27. The minimum atomic E-state index is -0.342. The summed E-state index contributed by atoms with van der Waals surface area (Å²) in [5.74, 6) is 0.761. The fraction of sp³-hybridized carbons (Fsp3) is 0.0909. The Hall–Kier alpha value is -2.45. The minimum absolute atomic E-state index is 0.0674. The SMILES string of the molecule is O=C1SC(=Cc2cc(-c3ccc(Cl)cc3)cs2)C(=O)N1Cc1cc2c(cc1Cl)OCO2. The summed E-state index contributed by atoms with van der Waals surface area (Å²) in [5, 5.41) is 2.76. The van der Waals surface area contributed by atoms with Gasteiger partial charge in [-0.3, -0.25) is 14.5 Å². The molecule has 1 fully saturated rings. The van der Waals surface area contributed by atoms with Crippen LogP contribution in [0.15, 0.2) is 52.7 Å². The Balaban J connectivity index is 1.36. The lowest BCUT2D eigenvalue weighted by Gasteiger charge is -2.14. The fourth-order valence-electron chi connectivity index (χ4n) is 3.24. The highest BCUT2D eigenvalue weighted by Crippen LogP contribution is 2.40. The summed E-state index contributed by atoms with van der Waals surface area (Å²) in [6.07, 6.45) is 1.75. The zero-order chi connectivity index (χ0) is 21.5. The number of thiophene rings is 1. The van der Waals surface area contributed by atoms with E-state index in [1.54, 1.807) is 18.2 Å². The quantitative estimate of drug-likeness (QED) is 0.382. The molecule has 0 aliphatic carbocycles. The van der Waals surface area contributed by atoms with Gasteiger partial charge in [0.05, 0.1) is 11.4 Å². The number of carbonyl (C=O) groups excluding carboxylic acids is 2. The number of carbonyl (C=O) groups is 2. The van der Waals surface area contributed by atoms with Crippen molar-refractivity contribution < 1.29 is 19.1 Å². The van der Waals surface area contributed by atoms with Gasteiger partial charge in [0.2, 0.25) is 6.79 Å². The molecule has 3 heterocycles. The average Bonchev–Trinajstić information content (AvgIpc) is 3.45. The second-order valence-electron chi connectivity index (χ2n) is 6.81. The number of halogens is 2. The van der Waals surface area contributed by atoms with Gasteiger partial charge in [-0.2, -0.15) is 0 Å².